The molecule has 0 spiro atoms. The summed E-state index contributed by atoms with van der Waals surface area (Å²) < 4.78 is 27.9. The normalized spacial score (nSPS) is 13.9. The number of nitrogens with zero attached hydrogens (tertiary/aromatic N) is 5. The van der Waals surface area contributed by atoms with Crippen LogP contribution in [0.1, 0.15) is 38.8 Å². The third-order valence-corrected chi connectivity index (χ3v) is 7.03. The Balaban J connectivity index is 1.27. The van der Waals surface area contributed by atoms with Gasteiger partial charge in [0.25, 0.3) is 17.4 Å². The maximum absolute atomic E-state index is 13.6. The first-order valence-corrected chi connectivity index (χ1v) is 13.0. The quantitative estimate of drug-likeness (QED) is 0.383. The molecule has 4 aromatic rings. The second-order valence-corrected chi connectivity index (χ2v) is 9.65. The summed E-state index contributed by atoms with van der Waals surface area (Å²) in [4.78, 5) is 51.3. The second-order valence-electron chi connectivity index (χ2n) is 9.65. The highest BCUT2D eigenvalue weighted by Gasteiger charge is 2.22. The summed E-state index contributed by atoms with van der Waals surface area (Å²) in [5.41, 5.74) is 1.55. The monoisotopic (exact) mass is 546 g/mol. The molecule has 0 aliphatic carbocycles. The standard InChI is InChI=1S/C29H28F2N6O3/c1-2-35-7-9-36(10-8-35)28(39)22-13-21-11-19(4-6-26(21)33-15-22)14-34-27(38)23-16-32-18-37(29(23)40)17-20-3-5-24(30)25(31)12-20/h3-6,11-13,15-16,18H,2,7-10,14,17H2,1H3,(H,34,38). The van der Waals surface area contributed by atoms with E-state index < -0.39 is 23.1 Å². The van der Waals surface area contributed by atoms with E-state index in [0.29, 0.717) is 24.2 Å². The first-order chi connectivity index (χ1) is 19.3. The second kappa shape index (κ2) is 11.7. The van der Waals surface area contributed by atoms with Crippen molar-refractivity contribution in [2.24, 2.45) is 0 Å². The molecule has 1 saturated heterocycles. The Morgan fingerprint density at radius 3 is 2.48 bits per heavy atom. The van der Waals surface area contributed by atoms with E-state index in [1.54, 1.807) is 12.3 Å². The van der Waals surface area contributed by atoms with Gasteiger partial charge in [0.05, 0.1) is 24.0 Å². The Kier molecular flexibility index (Phi) is 7.92. The number of benzene rings is 2. The fraction of sp³-hybridized carbons (Fsp3) is 0.276. The number of carbonyl (C=O) groups is 2. The van der Waals surface area contributed by atoms with Crippen molar-refractivity contribution in [1.29, 1.82) is 0 Å². The van der Waals surface area contributed by atoms with E-state index in [0.717, 1.165) is 52.8 Å². The highest BCUT2D eigenvalue weighted by molar-refractivity contribution is 5.97. The van der Waals surface area contributed by atoms with Gasteiger partial charge < -0.3 is 15.1 Å². The zero-order valence-corrected chi connectivity index (χ0v) is 21.9. The van der Waals surface area contributed by atoms with Gasteiger partial charge in [0, 0.05) is 50.5 Å². The number of amides is 2. The number of likely N-dealkylation sites (N-methyl/N-ethyl adjacent to an activating group) is 1. The van der Waals surface area contributed by atoms with Crippen LogP contribution in [0.3, 0.4) is 0 Å². The Morgan fingerprint density at radius 1 is 0.950 bits per heavy atom. The minimum absolute atomic E-state index is 0.0555. The van der Waals surface area contributed by atoms with E-state index in [2.05, 4.69) is 27.1 Å². The SMILES string of the molecule is CCN1CCN(C(=O)c2cnc3ccc(CNC(=O)c4cncn(Cc5ccc(F)c(F)c5)c4=O)cc3c2)CC1. The number of pyridine rings is 1. The van der Waals surface area contributed by atoms with Crippen molar-refractivity contribution in [2.45, 2.75) is 20.0 Å². The van der Waals surface area contributed by atoms with Crippen molar-refractivity contribution < 1.29 is 18.4 Å². The van der Waals surface area contributed by atoms with E-state index in [1.165, 1.54) is 18.6 Å². The Morgan fingerprint density at radius 2 is 1.73 bits per heavy atom. The molecule has 2 amide bonds. The fourth-order valence-electron chi connectivity index (χ4n) is 4.69. The molecule has 0 saturated carbocycles. The number of piperazine rings is 1. The van der Waals surface area contributed by atoms with Crippen LogP contribution in [0.5, 0.6) is 0 Å². The summed E-state index contributed by atoms with van der Waals surface area (Å²) in [6, 6.07) is 10.6. The first kappa shape index (κ1) is 27.1. The molecule has 1 N–H and O–H groups in total. The van der Waals surface area contributed by atoms with Crippen molar-refractivity contribution in [1.82, 2.24) is 29.7 Å². The predicted octanol–water partition coefficient (Wildman–Crippen LogP) is 2.83. The molecular formula is C29H28F2N6O3. The first-order valence-electron chi connectivity index (χ1n) is 13.0. The van der Waals surface area contributed by atoms with Crippen LogP contribution in [-0.4, -0.2) is 68.9 Å². The highest BCUT2D eigenvalue weighted by Crippen LogP contribution is 2.18. The average molecular weight is 547 g/mol. The smallest absolute Gasteiger partial charge is 0.266 e. The van der Waals surface area contributed by atoms with Gasteiger partial charge in [-0.25, -0.2) is 13.8 Å². The van der Waals surface area contributed by atoms with Crippen LogP contribution in [0.4, 0.5) is 8.78 Å². The minimum Gasteiger partial charge on any atom is -0.348 e. The molecule has 0 bridgehead atoms. The summed E-state index contributed by atoms with van der Waals surface area (Å²) >= 11 is 0. The van der Waals surface area contributed by atoms with Gasteiger partial charge in [0.15, 0.2) is 11.6 Å². The molecular weight excluding hydrogens is 518 g/mol. The van der Waals surface area contributed by atoms with Gasteiger partial charge in [0.1, 0.15) is 5.56 Å². The number of rotatable bonds is 7. The molecule has 0 atom stereocenters. The molecule has 1 fully saturated rings. The largest absolute Gasteiger partial charge is 0.348 e. The number of aromatic nitrogens is 3. The van der Waals surface area contributed by atoms with E-state index in [4.69, 9.17) is 0 Å². The van der Waals surface area contributed by atoms with Gasteiger partial charge in [-0.1, -0.05) is 19.1 Å². The molecule has 0 radical (unpaired) electrons. The lowest BCUT2D eigenvalue weighted by atomic mass is 10.1. The van der Waals surface area contributed by atoms with Crippen LogP contribution in [0.15, 0.2) is 66.0 Å². The van der Waals surface area contributed by atoms with Crippen LogP contribution in [-0.2, 0) is 13.1 Å². The molecule has 5 rings (SSSR count). The van der Waals surface area contributed by atoms with Gasteiger partial charge in [-0.3, -0.25) is 23.9 Å². The lowest BCUT2D eigenvalue weighted by molar-refractivity contribution is 0.0643. The summed E-state index contributed by atoms with van der Waals surface area (Å²) in [6.45, 7) is 6.17. The zero-order valence-electron chi connectivity index (χ0n) is 21.9. The van der Waals surface area contributed by atoms with E-state index in [9.17, 15) is 23.2 Å². The molecule has 3 heterocycles. The third kappa shape index (κ3) is 5.89. The molecule has 11 heteroatoms. The summed E-state index contributed by atoms with van der Waals surface area (Å²) in [5.74, 6) is -2.69. The molecule has 40 heavy (non-hydrogen) atoms. The Labute approximate surface area is 229 Å². The van der Waals surface area contributed by atoms with Gasteiger partial charge in [0.2, 0.25) is 0 Å². The van der Waals surface area contributed by atoms with Crippen LogP contribution in [0.2, 0.25) is 0 Å². The molecule has 2 aromatic heterocycles. The molecule has 2 aromatic carbocycles. The van der Waals surface area contributed by atoms with Crippen molar-refractivity contribution in [3.8, 4) is 0 Å². The minimum atomic E-state index is -1.02. The molecule has 9 nitrogen and oxygen atoms in total. The number of nitrogens with one attached hydrogen (secondary N) is 1. The number of fused-ring (bicyclic) bond motifs is 1. The van der Waals surface area contributed by atoms with Crippen LogP contribution in [0.25, 0.3) is 10.9 Å². The van der Waals surface area contributed by atoms with Gasteiger partial charge in [-0.15, -0.1) is 0 Å². The zero-order chi connectivity index (χ0) is 28.2. The van der Waals surface area contributed by atoms with Gasteiger partial charge in [-0.2, -0.15) is 0 Å². The van der Waals surface area contributed by atoms with E-state index >= 15 is 0 Å². The Bertz CT molecular complexity index is 1630. The van der Waals surface area contributed by atoms with Gasteiger partial charge in [-0.05, 0) is 48.0 Å². The van der Waals surface area contributed by atoms with Crippen LogP contribution < -0.4 is 10.9 Å². The maximum Gasteiger partial charge on any atom is 0.266 e. The lowest BCUT2D eigenvalue weighted by Gasteiger charge is -2.34. The summed E-state index contributed by atoms with van der Waals surface area (Å²) in [6.07, 6.45) is 3.99. The van der Waals surface area contributed by atoms with E-state index in [-0.39, 0.29) is 24.6 Å². The highest BCUT2D eigenvalue weighted by atomic mass is 19.2. The number of carbonyl (C=O) groups excluding carboxylic acids is 2. The number of hydrogen-bond acceptors (Lipinski definition) is 6. The van der Waals surface area contributed by atoms with Crippen LogP contribution >= 0.6 is 0 Å². The number of halogens is 2. The molecule has 1 aliphatic rings. The van der Waals surface area contributed by atoms with Crippen molar-refractivity contribution in [3.63, 3.8) is 0 Å². The third-order valence-electron chi connectivity index (χ3n) is 7.03. The van der Waals surface area contributed by atoms with Crippen molar-refractivity contribution in [2.75, 3.05) is 32.7 Å². The molecule has 206 valence electrons. The van der Waals surface area contributed by atoms with Crippen LogP contribution in [0, 0.1) is 11.6 Å². The predicted molar refractivity (Wildman–Crippen MR) is 145 cm³/mol. The Hall–Kier alpha value is -4.51. The molecule has 0 unspecified atom stereocenters. The summed E-state index contributed by atoms with van der Waals surface area (Å²) in [7, 11) is 0. The lowest BCUT2D eigenvalue weighted by Crippen LogP contribution is -2.48. The van der Waals surface area contributed by atoms with Crippen molar-refractivity contribution in [3.05, 3.63) is 105 Å². The van der Waals surface area contributed by atoms with Crippen molar-refractivity contribution >= 4 is 22.7 Å². The average Bonchev–Trinajstić information content (AvgIpc) is 2.98. The maximum atomic E-state index is 13.6. The molecule has 1 aliphatic heterocycles. The number of hydrogen-bond donors (Lipinski definition) is 1. The van der Waals surface area contributed by atoms with Gasteiger partial charge >= 0.3 is 0 Å². The topological polar surface area (TPSA) is 100 Å². The summed E-state index contributed by atoms with van der Waals surface area (Å²) in [5, 5.41) is 3.49. The van der Waals surface area contributed by atoms with E-state index in [1.807, 2.05) is 23.1 Å². The fourth-order valence-corrected chi connectivity index (χ4v) is 4.69.